The van der Waals surface area contributed by atoms with Crippen LogP contribution in [0.25, 0.3) is 0 Å². The van der Waals surface area contributed by atoms with Crippen molar-refractivity contribution in [2.75, 3.05) is 7.11 Å². The number of hydrogen-bond acceptors (Lipinski definition) is 2. The van der Waals surface area contributed by atoms with Crippen molar-refractivity contribution < 1.29 is 4.74 Å². The van der Waals surface area contributed by atoms with Crippen molar-refractivity contribution in [2.24, 2.45) is 5.73 Å². The molecule has 1 aromatic carbocycles. The maximum absolute atomic E-state index is 5.97. The summed E-state index contributed by atoms with van der Waals surface area (Å²) in [5, 5.41) is 0. The van der Waals surface area contributed by atoms with Gasteiger partial charge in [0.25, 0.3) is 0 Å². The summed E-state index contributed by atoms with van der Waals surface area (Å²) in [6.45, 7) is 8.81. The zero-order valence-corrected chi connectivity index (χ0v) is 11.5. The molecule has 2 heteroatoms. The molecular formula is C15H23NO. The first kappa shape index (κ1) is 12.4. The molecule has 1 aliphatic rings. The van der Waals surface area contributed by atoms with Crippen molar-refractivity contribution in [3.8, 4) is 5.75 Å². The molecule has 0 spiro atoms. The van der Waals surface area contributed by atoms with Gasteiger partial charge in [-0.25, -0.2) is 0 Å². The third-order valence-electron chi connectivity index (χ3n) is 3.64. The molecule has 2 rings (SSSR count). The highest BCUT2D eigenvalue weighted by molar-refractivity contribution is 5.48. The van der Waals surface area contributed by atoms with E-state index >= 15 is 0 Å². The van der Waals surface area contributed by atoms with Crippen LogP contribution in [0.2, 0.25) is 0 Å². The van der Waals surface area contributed by atoms with Crippen molar-refractivity contribution in [1.29, 1.82) is 0 Å². The Hall–Kier alpha value is -1.02. The lowest BCUT2D eigenvalue weighted by Crippen LogP contribution is -2.14. The first-order valence-electron chi connectivity index (χ1n) is 6.29. The zero-order chi connectivity index (χ0) is 12.8. The van der Waals surface area contributed by atoms with E-state index in [4.69, 9.17) is 10.5 Å². The second-order valence-corrected chi connectivity index (χ2v) is 6.17. The minimum atomic E-state index is 0.104. The number of rotatable bonds is 2. The molecule has 0 amide bonds. The van der Waals surface area contributed by atoms with E-state index in [0.717, 1.165) is 12.2 Å². The van der Waals surface area contributed by atoms with Crippen molar-refractivity contribution in [3.63, 3.8) is 0 Å². The molecule has 1 aliphatic carbocycles. The number of aryl methyl sites for hydroxylation is 1. The van der Waals surface area contributed by atoms with Crippen molar-refractivity contribution >= 4 is 0 Å². The fourth-order valence-corrected chi connectivity index (χ4v) is 2.42. The predicted octanol–water partition coefficient (Wildman–Crippen LogP) is 3.12. The average molecular weight is 233 g/mol. The first-order valence-corrected chi connectivity index (χ1v) is 6.29. The molecule has 2 nitrogen and oxygen atoms in total. The van der Waals surface area contributed by atoms with Crippen LogP contribution in [-0.4, -0.2) is 13.2 Å². The Bertz CT molecular complexity index is 431. The molecule has 0 saturated heterocycles. The lowest BCUT2D eigenvalue weighted by atomic mass is 9.83. The highest BCUT2D eigenvalue weighted by atomic mass is 16.5. The summed E-state index contributed by atoms with van der Waals surface area (Å²) in [5.74, 6) is 1.55. The fourth-order valence-electron chi connectivity index (χ4n) is 2.42. The van der Waals surface area contributed by atoms with Gasteiger partial charge in [-0.1, -0.05) is 26.8 Å². The van der Waals surface area contributed by atoms with Crippen LogP contribution in [0.3, 0.4) is 0 Å². The standard InChI is InChI=1S/C15H23NO/c1-9-6-14(17-5)12(15(2,3)4)7-10(9)11-8-13(11)16/h6-7,11,13H,8,16H2,1-5H3. The van der Waals surface area contributed by atoms with Gasteiger partial charge in [-0.15, -0.1) is 0 Å². The average Bonchev–Trinajstić information content (AvgIpc) is 2.93. The van der Waals surface area contributed by atoms with Crippen LogP contribution in [0.1, 0.15) is 49.8 Å². The van der Waals surface area contributed by atoms with Gasteiger partial charge in [-0.3, -0.25) is 0 Å². The Balaban J connectivity index is 2.50. The molecule has 2 atom stereocenters. The second-order valence-electron chi connectivity index (χ2n) is 6.17. The number of benzene rings is 1. The predicted molar refractivity (Wildman–Crippen MR) is 71.8 cm³/mol. The molecule has 94 valence electrons. The molecule has 1 aromatic rings. The monoisotopic (exact) mass is 233 g/mol. The summed E-state index contributed by atoms with van der Waals surface area (Å²) in [6, 6.07) is 4.81. The quantitative estimate of drug-likeness (QED) is 0.852. The van der Waals surface area contributed by atoms with Crippen LogP contribution in [-0.2, 0) is 5.41 Å². The summed E-state index contributed by atoms with van der Waals surface area (Å²) < 4.78 is 5.50. The van der Waals surface area contributed by atoms with E-state index in [1.807, 2.05) is 0 Å². The van der Waals surface area contributed by atoms with E-state index in [0.29, 0.717) is 12.0 Å². The molecule has 0 aliphatic heterocycles. The van der Waals surface area contributed by atoms with Gasteiger partial charge in [-0.2, -0.15) is 0 Å². The molecule has 0 aromatic heterocycles. The van der Waals surface area contributed by atoms with E-state index in [9.17, 15) is 0 Å². The lowest BCUT2D eigenvalue weighted by Gasteiger charge is -2.24. The lowest BCUT2D eigenvalue weighted by molar-refractivity contribution is 0.397. The molecule has 0 bridgehead atoms. The number of nitrogens with two attached hydrogens (primary N) is 1. The van der Waals surface area contributed by atoms with Crippen LogP contribution in [0.4, 0.5) is 0 Å². The minimum Gasteiger partial charge on any atom is -0.496 e. The van der Waals surface area contributed by atoms with E-state index in [2.05, 4.69) is 39.8 Å². The largest absolute Gasteiger partial charge is 0.496 e. The van der Waals surface area contributed by atoms with Gasteiger partial charge < -0.3 is 10.5 Å². The molecule has 1 fully saturated rings. The van der Waals surface area contributed by atoms with E-state index in [1.165, 1.54) is 16.7 Å². The SMILES string of the molecule is COc1cc(C)c(C2CC2N)cc1C(C)(C)C. The summed E-state index contributed by atoms with van der Waals surface area (Å²) in [4.78, 5) is 0. The number of hydrogen-bond donors (Lipinski definition) is 1. The van der Waals surface area contributed by atoms with Crippen LogP contribution < -0.4 is 10.5 Å². The number of methoxy groups -OCH3 is 1. The zero-order valence-electron chi connectivity index (χ0n) is 11.5. The van der Waals surface area contributed by atoms with Crippen LogP contribution in [0.15, 0.2) is 12.1 Å². The number of ether oxygens (including phenoxy) is 1. The van der Waals surface area contributed by atoms with Gasteiger partial charge >= 0.3 is 0 Å². The Labute approximate surface area is 104 Å². The third kappa shape index (κ3) is 2.32. The fraction of sp³-hybridized carbons (Fsp3) is 0.600. The smallest absolute Gasteiger partial charge is 0.122 e. The van der Waals surface area contributed by atoms with Crippen LogP contribution in [0.5, 0.6) is 5.75 Å². The Kier molecular flexibility index (Phi) is 2.94. The minimum absolute atomic E-state index is 0.104. The van der Waals surface area contributed by atoms with Gasteiger partial charge in [0.1, 0.15) is 5.75 Å². The Morgan fingerprint density at radius 3 is 2.29 bits per heavy atom. The van der Waals surface area contributed by atoms with Crippen molar-refractivity contribution in [3.05, 3.63) is 28.8 Å². The maximum atomic E-state index is 5.97. The molecule has 0 heterocycles. The highest BCUT2D eigenvalue weighted by Crippen LogP contribution is 2.44. The summed E-state index contributed by atoms with van der Waals surface area (Å²) >= 11 is 0. The molecular weight excluding hydrogens is 210 g/mol. The van der Waals surface area contributed by atoms with Gasteiger partial charge in [0.2, 0.25) is 0 Å². The Morgan fingerprint density at radius 1 is 1.29 bits per heavy atom. The van der Waals surface area contributed by atoms with Crippen molar-refractivity contribution in [1.82, 2.24) is 0 Å². The normalized spacial score (nSPS) is 23.6. The highest BCUT2D eigenvalue weighted by Gasteiger charge is 2.36. The van der Waals surface area contributed by atoms with E-state index in [1.54, 1.807) is 7.11 Å². The third-order valence-corrected chi connectivity index (χ3v) is 3.64. The van der Waals surface area contributed by atoms with Crippen LogP contribution in [0, 0.1) is 6.92 Å². The van der Waals surface area contributed by atoms with E-state index < -0.39 is 0 Å². The summed E-state index contributed by atoms with van der Waals surface area (Å²) in [7, 11) is 1.74. The van der Waals surface area contributed by atoms with E-state index in [-0.39, 0.29) is 5.41 Å². The molecule has 17 heavy (non-hydrogen) atoms. The Morgan fingerprint density at radius 2 is 1.88 bits per heavy atom. The summed E-state index contributed by atoms with van der Waals surface area (Å²) in [5.41, 5.74) is 10.1. The molecule has 0 radical (unpaired) electrons. The van der Waals surface area contributed by atoms with Gasteiger partial charge in [0, 0.05) is 12.0 Å². The van der Waals surface area contributed by atoms with Crippen molar-refractivity contribution in [2.45, 2.75) is 51.5 Å². The topological polar surface area (TPSA) is 35.2 Å². The molecule has 2 unspecified atom stereocenters. The first-order chi connectivity index (χ1) is 7.84. The molecule has 1 saturated carbocycles. The summed E-state index contributed by atoms with van der Waals surface area (Å²) in [6.07, 6.45) is 1.12. The van der Waals surface area contributed by atoms with Gasteiger partial charge in [0.05, 0.1) is 7.11 Å². The maximum Gasteiger partial charge on any atom is 0.122 e. The van der Waals surface area contributed by atoms with Gasteiger partial charge in [-0.05, 0) is 41.5 Å². The second kappa shape index (κ2) is 4.02. The van der Waals surface area contributed by atoms with Gasteiger partial charge in [0.15, 0.2) is 0 Å². The molecule has 2 N–H and O–H groups in total. The van der Waals surface area contributed by atoms with Crippen LogP contribution >= 0.6 is 0 Å².